The summed E-state index contributed by atoms with van der Waals surface area (Å²) in [6.45, 7) is 6.69. The van der Waals surface area contributed by atoms with E-state index in [-0.39, 0.29) is 17.4 Å². The smallest absolute Gasteiger partial charge is 0.338 e. The van der Waals surface area contributed by atoms with Crippen molar-refractivity contribution in [1.82, 2.24) is 0 Å². The molecule has 8 heteroatoms. The molecular weight excluding hydrogens is 496 g/mol. The largest absolute Gasteiger partial charge is 0.507 e. The molecule has 0 saturated carbocycles. The lowest BCUT2D eigenvalue weighted by atomic mass is 9.94. The molecule has 3 aromatic carbocycles. The second-order valence-corrected chi connectivity index (χ2v) is 10.0. The SMILES string of the molecule is Cc1cccc(C2/C(=C(/O)c3ccc4c(c3)N(C)CCO4)C(=O)C(=O)N2c2ccc(C(=O)OC(C)C)cc2)c1. The number of esters is 1. The van der Waals surface area contributed by atoms with Crippen LogP contribution < -0.4 is 14.5 Å². The molecule has 3 aromatic rings. The molecule has 0 bridgehead atoms. The van der Waals surface area contributed by atoms with E-state index < -0.39 is 23.7 Å². The van der Waals surface area contributed by atoms with Crippen molar-refractivity contribution in [3.8, 4) is 5.75 Å². The minimum Gasteiger partial charge on any atom is -0.507 e. The molecule has 0 spiro atoms. The summed E-state index contributed by atoms with van der Waals surface area (Å²) in [5, 5.41) is 11.5. The molecule has 1 N–H and O–H groups in total. The van der Waals surface area contributed by atoms with Crippen molar-refractivity contribution in [3.05, 3.63) is 94.6 Å². The van der Waals surface area contributed by atoms with Gasteiger partial charge in [0.15, 0.2) is 0 Å². The number of anilines is 2. The lowest BCUT2D eigenvalue weighted by Gasteiger charge is -2.28. The van der Waals surface area contributed by atoms with Crippen LogP contribution in [0, 0.1) is 6.92 Å². The fourth-order valence-corrected chi connectivity index (χ4v) is 4.95. The predicted octanol–water partition coefficient (Wildman–Crippen LogP) is 5.02. The number of hydrogen-bond donors (Lipinski definition) is 1. The summed E-state index contributed by atoms with van der Waals surface area (Å²) in [5.41, 5.74) is 3.56. The minimum absolute atomic E-state index is 0.00627. The number of hydrogen-bond acceptors (Lipinski definition) is 7. The van der Waals surface area contributed by atoms with Gasteiger partial charge in [0.1, 0.15) is 18.1 Å². The summed E-state index contributed by atoms with van der Waals surface area (Å²) in [6.07, 6.45) is -0.272. The van der Waals surface area contributed by atoms with Crippen molar-refractivity contribution in [2.24, 2.45) is 0 Å². The number of aliphatic hydroxyl groups is 1. The van der Waals surface area contributed by atoms with Crippen LogP contribution in [0.15, 0.2) is 72.3 Å². The van der Waals surface area contributed by atoms with Gasteiger partial charge in [-0.3, -0.25) is 14.5 Å². The second kappa shape index (κ2) is 10.3. The lowest BCUT2D eigenvalue weighted by Crippen LogP contribution is -2.29. The van der Waals surface area contributed by atoms with Gasteiger partial charge in [0.25, 0.3) is 11.7 Å². The first-order valence-electron chi connectivity index (χ1n) is 12.8. The average molecular weight is 527 g/mol. The highest BCUT2D eigenvalue weighted by Gasteiger charge is 2.47. The third-order valence-corrected chi connectivity index (χ3v) is 6.85. The highest BCUT2D eigenvalue weighted by molar-refractivity contribution is 6.51. The van der Waals surface area contributed by atoms with Crippen LogP contribution in [0.2, 0.25) is 0 Å². The number of benzene rings is 3. The van der Waals surface area contributed by atoms with E-state index in [1.165, 1.54) is 4.90 Å². The van der Waals surface area contributed by atoms with Gasteiger partial charge in [-0.2, -0.15) is 0 Å². The normalized spacial score (nSPS) is 18.2. The summed E-state index contributed by atoms with van der Waals surface area (Å²) in [5.74, 6) is -1.60. The molecule has 2 aliphatic rings. The maximum Gasteiger partial charge on any atom is 0.338 e. The van der Waals surface area contributed by atoms with Gasteiger partial charge in [-0.05, 0) is 68.8 Å². The van der Waals surface area contributed by atoms with Crippen LogP contribution in [0.5, 0.6) is 5.75 Å². The Balaban J connectivity index is 1.62. The van der Waals surface area contributed by atoms with E-state index in [9.17, 15) is 19.5 Å². The van der Waals surface area contributed by atoms with E-state index in [1.807, 2.05) is 43.1 Å². The van der Waals surface area contributed by atoms with Gasteiger partial charge in [-0.15, -0.1) is 0 Å². The first kappa shape index (κ1) is 26.0. The van der Waals surface area contributed by atoms with Crippen molar-refractivity contribution in [2.75, 3.05) is 30.0 Å². The molecule has 1 atom stereocenters. The quantitative estimate of drug-likeness (QED) is 0.216. The van der Waals surface area contributed by atoms with E-state index in [2.05, 4.69) is 0 Å². The van der Waals surface area contributed by atoms with Crippen LogP contribution in [0.1, 0.15) is 46.9 Å². The molecule has 0 aliphatic carbocycles. The fraction of sp³-hybridized carbons (Fsp3) is 0.258. The number of carbonyl (C=O) groups excluding carboxylic acids is 3. The number of rotatable bonds is 5. The van der Waals surface area contributed by atoms with E-state index in [0.717, 1.165) is 11.3 Å². The van der Waals surface area contributed by atoms with Crippen LogP contribution in [-0.2, 0) is 14.3 Å². The summed E-state index contributed by atoms with van der Waals surface area (Å²) < 4.78 is 11.0. The van der Waals surface area contributed by atoms with E-state index in [1.54, 1.807) is 56.3 Å². The van der Waals surface area contributed by atoms with Crippen LogP contribution >= 0.6 is 0 Å². The van der Waals surface area contributed by atoms with Crippen LogP contribution in [0.4, 0.5) is 11.4 Å². The molecule has 2 aliphatic heterocycles. The number of carbonyl (C=O) groups is 3. The van der Waals surface area contributed by atoms with Gasteiger partial charge in [0.2, 0.25) is 0 Å². The Hall–Kier alpha value is -4.59. The summed E-state index contributed by atoms with van der Waals surface area (Å²) in [4.78, 5) is 42.7. The molecule has 8 nitrogen and oxygen atoms in total. The third kappa shape index (κ3) is 4.85. The number of fused-ring (bicyclic) bond motifs is 1. The Morgan fingerprint density at radius 1 is 1.03 bits per heavy atom. The van der Waals surface area contributed by atoms with Gasteiger partial charge in [0, 0.05) is 18.3 Å². The van der Waals surface area contributed by atoms with Gasteiger partial charge >= 0.3 is 5.97 Å². The van der Waals surface area contributed by atoms with Crippen LogP contribution in [-0.4, -0.2) is 49.1 Å². The molecule has 0 radical (unpaired) electrons. The molecule has 200 valence electrons. The number of aliphatic hydroxyl groups excluding tert-OH is 1. The number of amides is 1. The Kier molecular flexibility index (Phi) is 6.87. The molecule has 39 heavy (non-hydrogen) atoms. The second-order valence-electron chi connectivity index (χ2n) is 10.0. The highest BCUT2D eigenvalue weighted by Crippen LogP contribution is 2.43. The highest BCUT2D eigenvalue weighted by atomic mass is 16.5. The van der Waals surface area contributed by atoms with Crippen LogP contribution in [0.25, 0.3) is 5.76 Å². The first-order chi connectivity index (χ1) is 18.7. The van der Waals surface area contributed by atoms with E-state index in [4.69, 9.17) is 9.47 Å². The number of nitrogens with zero attached hydrogens (tertiary/aromatic N) is 2. The molecule has 1 saturated heterocycles. The third-order valence-electron chi connectivity index (χ3n) is 6.85. The number of aryl methyl sites for hydroxylation is 1. The number of ether oxygens (including phenoxy) is 2. The summed E-state index contributed by atoms with van der Waals surface area (Å²) in [7, 11) is 1.93. The molecular formula is C31H30N2O6. The van der Waals surface area contributed by atoms with Gasteiger partial charge in [0.05, 0.1) is 35.5 Å². The fourth-order valence-electron chi connectivity index (χ4n) is 4.95. The predicted molar refractivity (Wildman–Crippen MR) is 148 cm³/mol. The lowest BCUT2D eigenvalue weighted by molar-refractivity contribution is -0.132. The molecule has 1 unspecified atom stereocenters. The summed E-state index contributed by atoms with van der Waals surface area (Å²) in [6, 6.07) is 18.2. The molecule has 0 aromatic heterocycles. The standard InChI is InChI=1S/C31H30N2O6/c1-18(2)39-31(37)20-8-11-23(12-9-20)33-27(21-7-5-6-19(3)16-21)26(29(35)30(33)36)28(34)22-10-13-25-24(17-22)32(4)14-15-38-25/h5-13,16-18,27,34H,14-15H2,1-4H3/b28-26-. The monoisotopic (exact) mass is 526 g/mol. The Bertz CT molecular complexity index is 1490. The van der Waals surface area contributed by atoms with E-state index in [0.29, 0.717) is 41.3 Å². The zero-order valence-electron chi connectivity index (χ0n) is 22.3. The van der Waals surface area contributed by atoms with Crippen molar-refractivity contribution >= 4 is 34.8 Å². The maximum absolute atomic E-state index is 13.5. The summed E-state index contributed by atoms with van der Waals surface area (Å²) >= 11 is 0. The van der Waals surface area contributed by atoms with Crippen molar-refractivity contribution < 1.29 is 29.0 Å². The van der Waals surface area contributed by atoms with Gasteiger partial charge in [-0.1, -0.05) is 29.8 Å². The molecule has 5 rings (SSSR count). The molecule has 1 fully saturated rings. The Morgan fingerprint density at radius 2 is 1.74 bits per heavy atom. The zero-order valence-corrected chi connectivity index (χ0v) is 22.3. The zero-order chi connectivity index (χ0) is 27.8. The molecule has 2 heterocycles. The van der Waals surface area contributed by atoms with Crippen molar-refractivity contribution in [2.45, 2.75) is 32.9 Å². The molecule has 1 amide bonds. The van der Waals surface area contributed by atoms with Crippen molar-refractivity contribution in [3.63, 3.8) is 0 Å². The Labute approximate surface area is 227 Å². The minimum atomic E-state index is -0.872. The maximum atomic E-state index is 13.5. The topological polar surface area (TPSA) is 96.4 Å². The number of ketones is 1. The van der Waals surface area contributed by atoms with Crippen LogP contribution in [0.3, 0.4) is 0 Å². The van der Waals surface area contributed by atoms with E-state index >= 15 is 0 Å². The van der Waals surface area contributed by atoms with Gasteiger partial charge < -0.3 is 19.5 Å². The first-order valence-corrected chi connectivity index (χ1v) is 12.8. The van der Waals surface area contributed by atoms with Crippen molar-refractivity contribution in [1.29, 1.82) is 0 Å². The number of Topliss-reactive ketones (excluding diaryl/α,β-unsaturated/α-hetero) is 1. The number of likely N-dealkylation sites (N-methyl/N-ethyl adjacent to an activating group) is 1. The average Bonchev–Trinajstić information content (AvgIpc) is 3.18. The Morgan fingerprint density at radius 3 is 2.44 bits per heavy atom. The van der Waals surface area contributed by atoms with Gasteiger partial charge in [-0.25, -0.2) is 4.79 Å².